The van der Waals surface area contributed by atoms with Crippen molar-refractivity contribution >= 4 is 46.1 Å². The largest absolute Gasteiger partial charge is 0.495 e. The number of aromatic nitrogens is 3. The van der Waals surface area contributed by atoms with Gasteiger partial charge in [0.25, 0.3) is 0 Å². The van der Waals surface area contributed by atoms with E-state index >= 15 is 0 Å². The first kappa shape index (κ1) is 23.3. The van der Waals surface area contributed by atoms with Crippen LogP contribution >= 0.6 is 11.6 Å². The number of ether oxygens (including phenoxy) is 2. The molecule has 0 saturated carbocycles. The number of pyridine rings is 1. The molecular formula is C24H26ClFN6O3. The molecule has 0 radical (unpaired) electrons. The maximum absolute atomic E-state index is 14.8. The van der Waals surface area contributed by atoms with Crippen LogP contribution in [-0.2, 0) is 4.74 Å². The molecule has 2 fully saturated rings. The van der Waals surface area contributed by atoms with Crippen LogP contribution in [-0.4, -0.2) is 63.8 Å². The van der Waals surface area contributed by atoms with Gasteiger partial charge in [-0.15, -0.1) is 0 Å². The van der Waals surface area contributed by atoms with Gasteiger partial charge in [0.15, 0.2) is 11.6 Å². The fourth-order valence-electron chi connectivity index (χ4n) is 4.59. The average molecular weight is 501 g/mol. The molecule has 1 N–H and O–H groups in total. The van der Waals surface area contributed by atoms with Gasteiger partial charge >= 0.3 is 6.09 Å². The lowest BCUT2D eigenvalue weighted by atomic mass is 10.2. The molecule has 9 nitrogen and oxygen atoms in total. The van der Waals surface area contributed by atoms with Gasteiger partial charge in [-0.3, -0.25) is 0 Å². The molecule has 0 aliphatic carbocycles. The second kappa shape index (κ2) is 8.67. The third kappa shape index (κ3) is 4.38. The van der Waals surface area contributed by atoms with E-state index in [9.17, 15) is 9.18 Å². The Bertz CT molecular complexity index is 1300. The van der Waals surface area contributed by atoms with Crippen LogP contribution < -0.4 is 15.0 Å². The van der Waals surface area contributed by atoms with Gasteiger partial charge in [-0.2, -0.15) is 0 Å². The Morgan fingerprint density at radius 1 is 1.17 bits per heavy atom. The first-order valence-electron chi connectivity index (χ1n) is 11.3. The predicted molar refractivity (Wildman–Crippen MR) is 131 cm³/mol. The smallest absolute Gasteiger partial charge is 0.410 e. The summed E-state index contributed by atoms with van der Waals surface area (Å²) in [5.74, 6) is 0.705. The van der Waals surface area contributed by atoms with E-state index in [1.807, 2.05) is 32.9 Å². The number of hydrogen-bond acceptors (Lipinski definition) is 8. The number of benzene rings is 1. The van der Waals surface area contributed by atoms with Crippen LogP contribution in [0, 0.1) is 5.82 Å². The van der Waals surface area contributed by atoms with Gasteiger partial charge in [0, 0.05) is 13.1 Å². The molecule has 3 aromatic rings. The monoisotopic (exact) mass is 500 g/mol. The Morgan fingerprint density at radius 3 is 2.66 bits per heavy atom. The zero-order valence-electron chi connectivity index (χ0n) is 19.9. The number of methoxy groups -OCH3 is 1. The summed E-state index contributed by atoms with van der Waals surface area (Å²) in [6, 6.07) is 7.07. The van der Waals surface area contributed by atoms with E-state index in [4.69, 9.17) is 26.1 Å². The van der Waals surface area contributed by atoms with Crippen LogP contribution in [0.4, 0.5) is 26.5 Å². The number of likely N-dealkylation sites (tertiary alicyclic amines) is 1. The minimum absolute atomic E-state index is 0.0625. The summed E-state index contributed by atoms with van der Waals surface area (Å²) >= 11 is 6.07. The number of nitrogens with zero attached hydrogens (tertiary/aromatic N) is 5. The van der Waals surface area contributed by atoms with E-state index in [1.54, 1.807) is 11.0 Å². The lowest BCUT2D eigenvalue weighted by Crippen LogP contribution is -2.50. The average Bonchev–Trinajstić information content (AvgIpc) is 3.42. The third-order valence-corrected chi connectivity index (χ3v) is 6.50. The molecule has 2 bridgehead atoms. The number of nitrogens with one attached hydrogen (secondary N) is 1. The van der Waals surface area contributed by atoms with E-state index in [2.05, 4.69) is 20.2 Å². The molecule has 35 heavy (non-hydrogen) atoms. The van der Waals surface area contributed by atoms with Gasteiger partial charge in [-0.05, 0) is 51.5 Å². The molecule has 0 unspecified atom stereocenters. The van der Waals surface area contributed by atoms with Crippen molar-refractivity contribution in [1.82, 2.24) is 19.9 Å². The Morgan fingerprint density at radius 2 is 1.97 bits per heavy atom. The SMILES string of the molecule is COc1ccc(Nc2ncnc3ccc(N4C[C@@H]5C[C@H]4CN5C(=O)OC(C)(C)C)nc23)c(F)c1Cl. The van der Waals surface area contributed by atoms with Crippen LogP contribution in [0.3, 0.4) is 0 Å². The second-order valence-corrected chi connectivity index (χ2v) is 10.0. The molecule has 2 aromatic heterocycles. The van der Waals surface area contributed by atoms with Crippen LogP contribution in [0.15, 0.2) is 30.6 Å². The highest BCUT2D eigenvalue weighted by atomic mass is 35.5. The second-order valence-electron chi connectivity index (χ2n) is 9.66. The van der Waals surface area contributed by atoms with Gasteiger partial charge in [0.2, 0.25) is 0 Å². The molecule has 0 spiro atoms. The molecule has 2 aliphatic rings. The van der Waals surface area contributed by atoms with Crippen molar-refractivity contribution in [2.45, 2.75) is 44.9 Å². The number of amides is 1. The minimum atomic E-state index is -0.645. The quantitative estimate of drug-likeness (QED) is 0.547. The van der Waals surface area contributed by atoms with Crippen molar-refractivity contribution in [3.8, 4) is 5.75 Å². The molecule has 184 valence electrons. The Hall–Kier alpha value is -3.40. The van der Waals surface area contributed by atoms with Crippen LogP contribution in [0.2, 0.25) is 5.02 Å². The topological polar surface area (TPSA) is 92.7 Å². The van der Waals surface area contributed by atoms with Crippen molar-refractivity contribution in [2.75, 3.05) is 30.4 Å². The summed E-state index contributed by atoms with van der Waals surface area (Å²) in [4.78, 5) is 30.0. The Balaban J connectivity index is 1.39. The zero-order chi connectivity index (χ0) is 24.9. The number of piperazine rings is 1. The molecule has 1 aromatic carbocycles. The molecule has 5 rings (SSSR count). The number of hydrogen-bond donors (Lipinski definition) is 1. The number of carbonyl (C=O) groups excluding carboxylic acids is 1. The lowest BCUT2D eigenvalue weighted by molar-refractivity contribution is 0.0214. The molecule has 2 atom stereocenters. The van der Waals surface area contributed by atoms with Gasteiger partial charge in [-0.1, -0.05) is 11.6 Å². The van der Waals surface area contributed by atoms with Crippen molar-refractivity contribution in [3.63, 3.8) is 0 Å². The van der Waals surface area contributed by atoms with E-state index in [0.29, 0.717) is 29.9 Å². The number of rotatable bonds is 4. The maximum atomic E-state index is 14.8. The highest BCUT2D eigenvalue weighted by molar-refractivity contribution is 6.32. The van der Waals surface area contributed by atoms with Gasteiger partial charge in [0.05, 0.1) is 30.4 Å². The lowest BCUT2D eigenvalue weighted by Gasteiger charge is -2.35. The van der Waals surface area contributed by atoms with Gasteiger partial charge in [-0.25, -0.2) is 24.1 Å². The third-order valence-electron chi connectivity index (χ3n) is 6.15. The highest BCUT2D eigenvalue weighted by Gasteiger charge is 2.47. The van der Waals surface area contributed by atoms with Crippen molar-refractivity contribution in [3.05, 3.63) is 41.4 Å². The number of fused-ring (bicyclic) bond motifs is 3. The normalized spacial score (nSPS) is 19.4. The van der Waals surface area contributed by atoms with Crippen LogP contribution in [0.1, 0.15) is 27.2 Å². The van der Waals surface area contributed by atoms with E-state index in [-0.39, 0.29) is 34.6 Å². The summed E-state index contributed by atoms with van der Waals surface area (Å²) in [6.07, 6.45) is 1.97. The van der Waals surface area contributed by atoms with E-state index in [1.165, 1.54) is 19.5 Å². The number of halogens is 2. The molecule has 1 amide bonds. The summed E-state index contributed by atoms with van der Waals surface area (Å²) in [7, 11) is 1.43. The fourth-order valence-corrected chi connectivity index (χ4v) is 4.83. The van der Waals surface area contributed by atoms with E-state index < -0.39 is 11.4 Å². The fraction of sp³-hybridized carbons (Fsp3) is 0.417. The summed E-state index contributed by atoms with van der Waals surface area (Å²) in [5, 5.41) is 2.87. The molecule has 2 aliphatic heterocycles. The van der Waals surface area contributed by atoms with Crippen LogP contribution in [0.5, 0.6) is 5.75 Å². The molecule has 11 heteroatoms. The first-order chi connectivity index (χ1) is 16.6. The Labute approximate surface area is 207 Å². The van der Waals surface area contributed by atoms with Gasteiger partial charge < -0.3 is 24.6 Å². The summed E-state index contributed by atoms with van der Waals surface area (Å²) in [6.45, 7) is 6.82. The maximum Gasteiger partial charge on any atom is 0.410 e. The van der Waals surface area contributed by atoms with Crippen molar-refractivity contribution in [2.24, 2.45) is 0 Å². The Kier molecular flexibility index (Phi) is 5.79. The number of anilines is 3. The summed E-state index contributed by atoms with van der Waals surface area (Å²) in [5.41, 5.74) is 0.737. The van der Waals surface area contributed by atoms with Gasteiger partial charge in [0.1, 0.15) is 34.0 Å². The molecule has 2 saturated heterocycles. The van der Waals surface area contributed by atoms with Crippen molar-refractivity contribution < 1.29 is 18.7 Å². The van der Waals surface area contributed by atoms with Crippen molar-refractivity contribution in [1.29, 1.82) is 0 Å². The molecule has 4 heterocycles. The molecular weight excluding hydrogens is 475 g/mol. The minimum Gasteiger partial charge on any atom is -0.495 e. The number of carbonyl (C=O) groups is 1. The predicted octanol–water partition coefficient (Wildman–Crippen LogP) is 4.77. The van der Waals surface area contributed by atoms with E-state index in [0.717, 1.165) is 12.2 Å². The highest BCUT2D eigenvalue weighted by Crippen LogP contribution is 2.37. The van der Waals surface area contributed by atoms with Crippen LogP contribution in [0.25, 0.3) is 11.0 Å². The first-order valence-corrected chi connectivity index (χ1v) is 11.7. The standard InChI is InChI=1S/C24H26ClFN6O3/c1-24(2,3)35-23(33)32-11-13-9-14(32)10-31(13)18-8-6-16-21(30-18)22(28-12-27-16)29-15-5-7-17(34-4)19(25)20(15)26/h5-8,12-14H,9-11H2,1-4H3,(H,27,28,29)/t13-,14-/m0/s1. The zero-order valence-corrected chi connectivity index (χ0v) is 20.6. The summed E-state index contributed by atoms with van der Waals surface area (Å²) < 4.78 is 25.4.